The molecule has 0 aliphatic heterocycles. The van der Waals surface area contributed by atoms with Gasteiger partial charge >= 0.3 is 0 Å². The first-order valence-electron chi connectivity index (χ1n) is 6.57. The number of carbonyl (C=O) groups excluding carboxylic acids is 1. The number of amides is 1. The molecule has 2 aromatic rings. The fourth-order valence-electron chi connectivity index (χ4n) is 2.12. The fraction of sp³-hybridized carbons (Fsp3) is 0.188. The zero-order valence-corrected chi connectivity index (χ0v) is 12.7. The Kier molecular flexibility index (Phi) is 4.70. The van der Waals surface area contributed by atoms with Crippen LogP contribution in [0.1, 0.15) is 17.3 Å². The van der Waals surface area contributed by atoms with Crippen LogP contribution in [-0.2, 0) is 0 Å². The van der Waals surface area contributed by atoms with Gasteiger partial charge in [-0.2, -0.15) is 0 Å². The summed E-state index contributed by atoms with van der Waals surface area (Å²) >= 11 is 5.93. The molecule has 0 aliphatic carbocycles. The van der Waals surface area contributed by atoms with E-state index in [1.807, 2.05) is 19.1 Å². The van der Waals surface area contributed by atoms with Gasteiger partial charge in [0.2, 0.25) is 0 Å². The van der Waals surface area contributed by atoms with Crippen LogP contribution in [0.2, 0.25) is 5.02 Å². The third-order valence-corrected chi connectivity index (χ3v) is 3.37. The molecule has 4 nitrogen and oxygen atoms in total. The quantitative estimate of drug-likeness (QED) is 0.878. The van der Waals surface area contributed by atoms with Gasteiger partial charge in [0.25, 0.3) is 5.91 Å². The van der Waals surface area contributed by atoms with Gasteiger partial charge in [-0.1, -0.05) is 17.7 Å². The van der Waals surface area contributed by atoms with Crippen molar-refractivity contribution in [3.8, 4) is 5.75 Å². The Bertz CT molecular complexity index is 658. The minimum atomic E-state index is -0.156. The van der Waals surface area contributed by atoms with Crippen molar-refractivity contribution in [1.82, 2.24) is 0 Å². The number of ether oxygens (including phenoxy) is 1. The number of hydrogen-bond donors (Lipinski definition) is 1. The van der Waals surface area contributed by atoms with Crippen molar-refractivity contribution in [2.75, 3.05) is 24.3 Å². The number of nitrogens with zero attached hydrogens (tertiary/aromatic N) is 1. The van der Waals surface area contributed by atoms with Crippen LogP contribution in [0.5, 0.6) is 5.75 Å². The highest BCUT2D eigenvalue weighted by Crippen LogP contribution is 2.27. The molecule has 0 bridgehead atoms. The average Bonchev–Trinajstić information content (AvgIpc) is 2.47. The molecule has 2 rings (SSSR count). The Morgan fingerprint density at radius 1 is 1.29 bits per heavy atom. The molecule has 0 heterocycles. The van der Waals surface area contributed by atoms with Gasteiger partial charge in [-0.25, -0.2) is 0 Å². The van der Waals surface area contributed by atoms with Crippen LogP contribution in [0.15, 0.2) is 42.5 Å². The van der Waals surface area contributed by atoms with Gasteiger partial charge < -0.3 is 15.4 Å². The maximum atomic E-state index is 12.7. The van der Waals surface area contributed by atoms with E-state index in [1.54, 1.807) is 35.2 Å². The summed E-state index contributed by atoms with van der Waals surface area (Å²) in [5.74, 6) is 0.298. The molecule has 0 atom stereocenters. The van der Waals surface area contributed by atoms with Gasteiger partial charge in [0, 0.05) is 22.9 Å². The molecule has 110 valence electrons. The van der Waals surface area contributed by atoms with Crippen molar-refractivity contribution < 1.29 is 9.53 Å². The summed E-state index contributed by atoms with van der Waals surface area (Å²) in [6, 6.07) is 12.2. The number of carbonyl (C=O) groups is 1. The molecule has 21 heavy (non-hydrogen) atoms. The van der Waals surface area contributed by atoms with Crippen LogP contribution in [0.4, 0.5) is 11.4 Å². The Morgan fingerprint density at radius 2 is 2.05 bits per heavy atom. The number of halogens is 1. The first kappa shape index (κ1) is 15.2. The summed E-state index contributed by atoms with van der Waals surface area (Å²) in [4.78, 5) is 14.4. The van der Waals surface area contributed by atoms with Gasteiger partial charge in [0.15, 0.2) is 0 Å². The van der Waals surface area contributed by atoms with Crippen molar-refractivity contribution in [2.45, 2.75) is 6.92 Å². The predicted octanol–water partition coefficient (Wildman–Crippen LogP) is 3.60. The van der Waals surface area contributed by atoms with Crippen LogP contribution in [0, 0.1) is 0 Å². The Morgan fingerprint density at radius 3 is 2.67 bits per heavy atom. The smallest absolute Gasteiger partial charge is 0.262 e. The third-order valence-electron chi connectivity index (χ3n) is 3.14. The van der Waals surface area contributed by atoms with Crippen molar-refractivity contribution in [1.29, 1.82) is 0 Å². The van der Waals surface area contributed by atoms with E-state index < -0.39 is 0 Å². The van der Waals surface area contributed by atoms with E-state index in [2.05, 4.69) is 0 Å². The molecule has 1 amide bonds. The number of methoxy groups -OCH3 is 1. The highest BCUT2D eigenvalue weighted by Gasteiger charge is 2.20. The SMILES string of the molecule is CCN(C(=O)c1ccc(Cl)cc1OC)c1cccc(N)c1. The van der Waals surface area contributed by atoms with E-state index in [-0.39, 0.29) is 5.91 Å². The molecule has 0 spiro atoms. The topological polar surface area (TPSA) is 55.6 Å². The van der Waals surface area contributed by atoms with E-state index in [9.17, 15) is 4.79 Å². The normalized spacial score (nSPS) is 10.2. The largest absolute Gasteiger partial charge is 0.496 e. The monoisotopic (exact) mass is 304 g/mol. The lowest BCUT2D eigenvalue weighted by molar-refractivity contribution is 0.0985. The molecule has 2 N–H and O–H groups in total. The maximum absolute atomic E-state index is 12.7. The van der Waals surface area contributed by atoms with Crippen molar-refractivity contribution in [2.24, 2.45) is 0 Å². The molecule has 0 radical (unpaired) electrons. The lowest BCUT2D eigenvalue weighted by Gasteiger charge is -2.22. The maximum Gasteiger partial charge on any atom is 0.262 e. The molecule has 0 saturated heterocycles. The highest BCUT2D eigenvalue weighted by molar-refractivity contribution is 6.31. The zero-order chi connectivity index (χ0) is 15.4. The van der Waals surface area contributed by atoms with Crippen LogP contribution in [0.3, 0.4) is 0 Å². The molecule has 0 saturated carbocycles. The second-order valence-corrected chi connectivity index (χ2v) is 4.93. The number of nitrogen functional groups attached to an aromatic ring is 1. The van der Waals surface area contributed by atoms with Gasteiger partial charge in [-0.3, -0.25) is 4.79 Å². The summed E-state index contributed by atoms with van der Waals surface area (Å²) in [6.07, 6.45) is 0. The Balaban J connectivity index is 2.41. The Labute approximate surface area is 129 Å². The highest BCUT2D eigenvalue weighted by atomic mass is 35.5. The molecule has 0 unspecified atom stereocenters. The van der Waals surface area contributed by atoms with Crippen LogP contribution in [-0.4, -0.2) is 19.6 Å². The van der Waals surface area contributed by atoms with Gasteiger partial charge in [-0.05, 0) is 43.3 Å². The van der Waals surface area contributed by atoms with Gasteiger partial charge in [0.1, 0.15) is 5.75 Å². The lowest BCUT2D eigenvalue weighted by Crippen LogP contribution is -2.31. The summed E-state index contributed by atoms with van der Waals surface area (Å²) in [5.41, 5.74) is 7.61. The third kappa shape index (κ3) is 3.28. The lowest BCUT2D eigenvalue weighted by atomic mass is 10.1. The van der Waals surface area contributed by atoms with E-state index >= 15 is 0 Å². The van der Waals surface area contributed by atoms with E-state index in [4.69, 9.17) is 22.1 Å². The molecule has 0 aliphatic rings. The van der Waals surface area contributed by atoms with E-state index in [0.717, 1.165) is 5.69 Å². The van der Waals surface area contributed by atoms with Crippen molar-refractivity contribution >= 4 is 28.9 Å². The first-order valence-corrected chi connectivity index (χ1v) is 6.95. The molecule has 0 fully saturated rings. The zero-order valence-electron chi connectivity index (χ0n) is 12.0. The minimum absolute atomic E-state index is 0.156. The van der Waals surface area contributed by atoms with Crippen LogP contribution < -0.4 is 15.4 Å². The number of benzene rings is 2. The first-order chi connectivity index (χ1) is 10.1. The molecule has 0 aromatic heterocycles. The van der Waals surface area contributed by atoms with Gasteiger partial charge in [-0.15, -0.1) is 0 Å². The molecule has 5 heteroatoms. The predicted molar refractivity (Wildman–Crippen MR) is 86.2 cm³/mol. The summed E-state index contributed by atoms with van der Waals surface area (Å²) < 4.78 is 5.24. The second kappa shape index (κ2) is 6.50. The number of hydrogen-bond acceptors (Lipinski definition) is 3. The van der Waals surface area contributed by atoms with Gasteiger partial charge in [0.05, 0.1) is 12.7 Å². The van der Waals surface area contributed by atoms with E-state index in [0.29, 0.717) is 28.6 Å². The summed E-state index contributed by atoms with van der Waals surface area (Å²) in [7, 11) is 1.51. The number of rotatable bonds is 4. The second-order valence-electron chi connectivity index (χ2n) is 4.49. The van der Waals surface area contributed by atoms with E-state index in [1.165, 1.54) is 7.11 Å². The summed E-state index contributed by atoms with van der Waals surface area (Å²) in [5, 5.41) is 0.524. The van der Waals surface area contributed by atoms with Crippen molar-refractivity contribution in [3.63, 3.8) is 0 Å². The van der Waals surface area contributed by atoms with Crippen LogP contribution >= 0.6 is 11.6 Å². The van der Waals surface area contributed by atoms with Crippen LogP contribution in [0.25, 0.3) is 0 Å². The minimum Gasteiger partial charge on any atom is -0.496 e. The average molecular weight is 305 g/mol. The number of anilines is 2. The molecule has 2 aromatic carbocycles. The molecular weight excluding hydrogens is 288 g/mol. The Hall–Kier alpha value is -2.20. The number of nitrogens with two attached hydrogens (primary N) is 1. The van der Waals surface area contributed by atoms with Crippen molar-refractivity contribution in [3.05, 3.63) is 53.1 Å². The fourth-order valence-corrected chi connectivity index (χ4v) is 2.29. The summed E-state index contributed by atoms with van der Waals surface area (Å²) in [6.45, 7) is 2.43. The molecular formula is C16H17ClN2O2. The standard InChI is InChI=1S/C16H17ClN2O2/c1-3-19(13-6-4-5-12(18)10-13)16(20)14-8-7-11(17)9-15(14)21-2/h4-10H,3,18H2,1-2H3.